The Bertz CT molecular complexity index is 640. The first-order chi connectivity index (χ1) is 10.1. The van der Waals surface area contributed by atoms with E-state index in [0.29, 0.717) is 6.61 Å². The lowest BCUT2D eigenvalue weighted by Gasteiger charge is -2.09. The lowest BCUT2D eigenvalue weighted by molar-refractivity contribution is -0.121. The number of halogens is 1. The second-order valence-electron chi connectivity index (χ2n) is 4.95. The van der Waals surface area contributed by atoms with Crippen molar-refractivity contribution >= 4 is 11.6 Å². The fourth-order valence-electron chi connectivity index (χ4n) is 2.01. The summed E-state index contributed by atoms with van der Waals surface area (Å²) in [6, 6.07) is 12.1. The van der Waals surface area contributed by atoms with Crippen LogP contribution in [0.15, 0.2) is 42.5 Å². The second kappa shape index (κ2) is 6.99. The fraction of sp³-hybridized carbons (Fsp3) is 0.235. The number of benzene rings is 2. The third kappa shape index (κ3) is 4.39. The van der Waals surface area contributed by atoms with Crippen molar-refractivity contribution in [3.8, 4) is 0 Å². The molecule has 4 heteroatoms. The van der Waals surface area contributed by atoms with E-state index in [0.717, 1.165) is 11.1 Å². The van der Waals surface area contributed by atoms with Gasteiger partial charge in [0.2, 0.25) is 5.91 Å². The van der Waals surface area contributed by atoms with Crippen molar-refractivity contribution in [2.45, 2.75) is 20.5 Å². The van der Waals surface area contributed by atoms with Gasteiger partial charge < -0.3 is 10.1 Å². The molecular weight excluding hydrogens is 269 g/mol. The Morgan fingerprint density at radius 3 is 2.67 bits per heavy atom. The van der Waals surface area contributed by atoms with Crippen molar-refractivity contribution in [3.05, 3.63) is 65.0 Å². The van der Waals surface area contributed by atoms with Crippen LogP contribution in [0.2, 0.25) is 0 Å². The molecule has 2 aromatic carbocycles. The van der Waals surface area contributed by atoms with E-state index in [1.54, 1.807) is 12.1 Å². The van der Waals surface area contributed by atoms with E-state index in [2.05, 4.69) is 11.4 Å². The fourth-order valence-corrected chi connectivity index (χ4v) is 2.01. The van der Waals surface area contributed by atoms with Crippen LogP contribution >= 0.6 is 0 Å². The van der Waals surface area contributed by atoms with Gasteiger partial charge in [0.25, 0.3) is 0 Å². The van der Waals surface area contributed by atoms with Crippen LogP contribution in [0, 0.1) is 19.7 Å². The summed E-state index contributed by atoms with van der Waals surface area (Å²) in [6.45, 7) is 4.28. The Kier molecular flexibility index (Phi) is 5.06. The quantitative estimate of drug-likeness (QED) is 0.912. The molecule has 0 saturated heterocycles. The molecule has 0 spiro atoms. The van der Waals surface area contributed by atoms with Crippen molar-refractivity contribution in [1.29, 1.82) is 0 Å². The van der Waals surface area contributed by atoms with E-state index < -0.39 is 5.82 Å². The third-order valence-corrected chi connectivity index (χ3v) is 3.14. The Morgan fingerprint density at radius 2 is 1.95 bits per heavy atom. The molecule has 0 atom stereocenters. The molecule has 0 fully saturated rings. The van der Waals surface area contributed by atoms with Crippen LogP contribution in [-0.2, 0) is 16.1 Å². The molecule has 3 nitrogen and oxygen atoms in total. The molecule has 0 saturated carbocycles. The second-order valence-corrected chi connectivity index (χ2v) is 4.95. The lowest BCUT2D eigenvalue weighted by atomic mass is 10.1. The number of amides is 1. The smallest absolute Gasteiger partial charge is 0.250 e. The van der Waals surface area contributed by atoms with E-state index in [1.807, 2.05) is 26.0 Å². The van der Waals surface area contributed by atoms with Crippen molar-refractivity contribution in [2.24, 2.45) is 0 Å². The van der Waals surface area contributed by atoms with Crippen LogP contribution < -0.4 is 5.32 Å². The number of anilines is 1. The third-order valence-electron chi connectivity index (χ3n) is 3.14. The summed E-state index contributed by atoms with van der Waals surface area (Å²) in [5, 5.41) is 2.48. The van der Waals surface area contributed by atoms with Crippen LogP contribution in [0.5, 0.6) is 0 Å². The molecule has 0 aliphatic heterocycles. The molecular formula is C17H18FNO2. The van der Waals surface area contributed by atoms with Crippen molar-refractivity contribution in [2.75, 3.05) is 11.9 Å². The summed E-state index contributed by atoms with van der Waals surface area (Å²) >= 11 is 0. The highest BCUT2D eigenvalue weighted by Crippen LogP contribution is 2.13. The minimum atomic E-state index is -0.458. The first-order valence-electron chi connectivity index (χ1n) is 6.74. The largest absolute Gasteiger partial charge is 0.367 e. The van der Waals surface area contributed by atoms with Crippen molar-refractivity contribution in [1.82, 2.24) is 0 Å². The number of para-hydroxylation sites is 1. The Hall–Kier alpha value is -2.20. The monoisotopic (exact) mass is 287 g/mol. The number of hydrogen-bond acceptors (Lipinski definition) is 2. The zero-order valence-corrected chi connectivity index (χ0v) is 12.2. The highest BCUT2D eigenvalue weighted by molar-refractivity contribution is 5.91. The zero-order chi connectivity index (χ0) is 15.2. The molecule has 1 amide bonds. The molecule has 0 aromatic heterocycles. The number of hydrogen-bond donors (Lipinski definition) is 1. The number of aryl methyl sites for hydroxylation is 2. The Labute approximate surface area is 123 Å². The molecule has 110 valence electrons. The Morgan fingerprint density at radius 1 is 1.19 bits per heavy atom. The molecule has 0 radical (unpaired) electrons. The van der Waals surface area contributed by atoms with Crippen LogP contribution in [-0.4, -0.2) is 12.5 Å². The predicted octanol–water partition coefficient (Wildman–Crippen LogP) is 3.60. The maximum Gasteiger partial charge on any atom is 0.250 e. The summed E-state index contributed by atoms with van der Waals surface area (Å²) in [4.78, 5) is 11.7. The van der Waals surface area contributed by atoms with Crippen LogP contribution in [0.1, 0.15) is 16.7 Å². The van der Waals surface area contributed by atoms with Crippen molar-refractivity contribution < 1.29 is 13.9 Å². The summed E-state index contributed by atoms with van der Waals surface area (Å²) < 4.78 is 18.8. The summed E-state index contributed by atoms with van der Waals surface area (Å²) in [6.07, 6.45) is 0. The van der Waals surface area contributed by atoms with Gasteiger partial charge in [-0.1, -0.05) is 35.9 Å². The molecule has 1 N–H and O–H groups in total. The molecule has 0 heterocycles. The standard InChI is InChI=1S/C17H18FNO2/c1-12-7-8-14(13(2)9-12)10-21-11-17(20)19-16-6-4-3-5-15(16)18/h3-9H,10-11H2,1-2H3,(H,19,20). The van der Waals surface area contributed by atoms with E-state index in [1.165, 1.54) is 17.7 Å². The van der Waals surface area contributed by atoms with Gasteiger partial charge in [-0.15, -0.1) is 0 Å². The summed E-state index contributed by atoms with van der Waals surface area (Å²) in [5.41, 5.74) is 3.52. The molecule has 21 heavy (non-hydrogen) atoms. The summed E-state index contributed by atoms with van der Waals surface area (Å²) in [5.74, 6) is -0.829. The normalized spacial score (nSPS) is 10.4. The van der Waals surface area contributed by atoms with Gasteiger partial charge in [-0.3, -0.25) is 4.79 Å². The van der Waals surface area contributed by atoms with E-state index in [9.17, 15) is 9.18 Å². The molecule has 0 aliphatic rings. The number of carbonyl (C=O) groups excluding carboxylic acids is 1. The molecule has 0 aliphatic carbocycles. The summed E-state index contributed by atoms with van der Waals surface area (Å²) in [7, 11) is 0. The van der Waals surface area contributed by atoms with Crippen LogP contribution in [0.25, 0.3) is 0 Å². The van der Waals surface area contributed by atoms with Gasteiger partial charge in [0.05, 0.1) is 12.3 Å². The highest BCUT2D eigenvalue weighted by atomic mass is 19.1. The minimum Gasteiger partial charge on any atom is -0.367 e. The topological polar surface area (TPSA) is 38.3 Å². The average molecular weight is 287 g/mol. The van der Waals surface area contributed by atoms with Gasteiger partial charge in [0.15, 0.2) is 0 Å². The Balaban J connectivity index is 1.83. The highest BCUT2D eigenvalue weighted by Gasteiger charge is 2.07. The van der Waals surface area contributed by atoms with Crippen molar-refractivity contribution in [3.63, 3.8) is 0 Å². The van der Waals surface area contributed by atoms with Gasteiger partial charge in [-0.25, -0.2) is 4.39 Å². The average Bonchev–Trinajstić information content (AvgIpc) is 2.44. The predicted molar refractivity (Wildman–Crippen MR) is 80.6 cm³/mol. The minimum absolute atomic E-state index is 0.109. The molecule has 0 bridgehead atoms. The number of ether oxygens (including phenoxy) is 1. The molecule has 2 aromatic rings. The maximum absolute atomic E-state index is 13.4. The van der Waals surface area contributed by atoms with Crippen LogP contribution in [0.4, 0.5) is 10.1 Å². The van der Waals surface area contributed by atoms with Gasteiger partial charge >= 0.3 is 0 Å². The van der Waals surface area contributed by atoms with Gasteiger partial charge in [0, 0.05) is 0 Å². The molecule has 0 unspecified atom stereocenters. The number of rotatable bonds is 5. The SMILES string of the molecule is Cc1ccc(COCC(=O)Nc2ccccc2F)c(C)c1. The first-order valence-corrected chi connectivity index (χ1v) is 6.74. The van der Waals surface area contributed by atoms with E-state index in [-0.39, 0.29) is 18.2 Å². The first kappa shape index (κ1) is 15.2. The zero-order valence-electron chi connectivity index (χ0n) is 12.2. The van der Waals surface area contributed by atoms with E-state index >= 15 is 0 Å². The van der Waals surface area contributed by atoms with E-state index in [4.69, 9.17) is 4.74 Å². The lowest BCUT2D eigenvalue weighted by Crippen LogP contribution is -2.19. The number of carbonyl (C=O) groups is 1. The maximum atomic E-state index is 13.4. The number of nitrogens with one attached hydrogen (secondary N) is 1. The van der Waals surface area contributed by atoms with Crippen LogP contribution in [0.3, 0.4) is 0 Å². The van der Waals surface area contributed by atoms with Gasteiger partial charge in [-0.05, 0) is 37.1 Å². The van der Waals surface area contributed by atoms with Gasteiger partial charge in [0.1, 0.15) is 12.4 Å². The van der Waals surface area contributed by atoms with Gasteiger partial charge in [-0.2, -0.15) is 0 Å². The molecule has 2 rings (SSSR count).